The summed E-state index contributed by atoms with van der Waals surface area (Å²) in [5, 5.41) is 0. The van der Waals surface area contributed by atoms with Gasteiger partial charge in [-0.25, -0.2) is 0 Å². The summed E-state index contributed by atoms with van der Waals surface area (Å²) in [6.45, 7) is 16.9. The fraction of sp³-hybridized carbons (Fsp3) is 0.933. The van der Waals surface area contributed by atoms with E-state index in [2.05, 4.69) is 39.5 Å². The Hall–Kier alpha value is 0.0700. The molecular formula is C15H34N2S2. The molecule has 0 aliphatic heterocycles. The van der Waals surface area contributed by atoms with Crippen LogP contribution in [0, 0.1) is 0 Å². The number of hydrogen-bond acceptors (Lipinski definition) is 2. The minimum Gasteiger partial charge on any atom is -0.411 e. The van der Waals surface area contributed by atoms with E-state index in [0.29, 0.717) is 4.32 Å². The molecule has 0 bridgehead atoms. The van der Waals surface area contributed by atoms with Gasteiger partial charge in [-0.05, 0) is 33.6 Å². The molecule has 0 amide bonds. The van der Waals surface area contributed by atoms with E-state index in [4.69, 9.17) is 24.8 Å². The molecule has 19 heavy (non-hydrogen) atoms. The third kappa shape index (κ3) is 14.3. The standard InChI is InChI=1S/C9H19NS2.C6H15N/c1-3-5-7-10(9(11)12)8-6-4-2;1-4-7(5-2)6-3/h3-8H2,1-2H3,(H,11,12);4-6H2,1-3H3. The van der Waals surface area contributed by atoms with Crippen molar-refractivity contribution in [2.45, 2.75) is 60.3 Å². The zero-order valence-electron chi connectivity index (χ0n) is 13.6. The summed E-state index contributed by atoms with van der Waals surface area (Å²) in [6.07, 6.45) is 4.81. The first-order chi connectivity index (χ1) is 9.06. The highest BCUT2D eigenvalue weighted by atomic mass is 32.1. The Balaban J connectivity index is 0. The molecule has 0 saturated carbocycles. The van der Waals surface area contributed by atoms with Crippen molar-refractivity contribution in [1.29, 1.82) is 0 Å². The van der Waals surface area contributed by atoms with Gasteiger partial charge in [-0.15, -0.1) is 0 Å². The van der Waals surface area contributed by atoms with E-state index in [-0.39, 0.29) is 0 Å². The SMILES string of the molecule is CCCCN(CCCC)C(=S)[S-].CC[NH+](CC)CC. The Morgan fingerprint density at radius 1 is 0.895 bits per heavy atom. The monoisotopic (exact) mass is 306 g/mol. The normalized spacial score (nSPS) is 10.0. The summed E-state index contributed by atoms with van der Waals surface area (Å²) in [7, 11) is 0. The van der Waals surface area contributed by atoms with Crippen molar-refractivity contribution in [2.75, 3.05) is 32.7 Å². The van der Waals surface area contributed by atoms with Crippen LogP contribution in [0.25, 0.3) is 0 Å². The minimum absolute atomic E-state index is 0.636. The van der Waals surface area contributed by atoms with Gasteiger partial charge in [0.1, 0.15) is 0 Å². The third-order valence-electron chi connectivity index (χ3n) is 3.32. The van der Waals surface area contributed by atoms with Crippen molar-refractivity contribution in [2.24, 2.45) is 0 Å². The maximum atomic E-state index is 4.98. The van der Waals surface area contributed by atoms with Crippen molar-refractivity contribution in [3.63, 3.8) is 0 Å². The quantitative estimate of drug-likeness (QED) is 0.518. The van der Waals surface area contributed by atoms with Gasteiger partial charge in [0.25, 0.3) is 0 Å². The second-order valence-electron chi connectivity index (χ2n) is 4.77. The summed E-state index contributed by atoms with van der Waals surface area (Å²) in [5.74, 6) is 0. The zero-order valence-corrected chi connectivity index (χ0v) is 15.3. The molecule has 0 radical (unpaired) electrons. The van der Waals surface area contributed by atoms with Crippen LogP contribution in [0.2, 0.25) is 0 Å². The van der Waals surface area contributed by atoms with Gasteiger partial charge in [0.05, 0.1) is 19.6 Å². The van der Waals surface area contributed by atoms with Gasteiger partial charge >= 0.3 is 0 Å². The fourth-order valence-corrected chi connectivity index (χ4v) is 2.11. The van der Waals surface area contributed by atoms with Gasteiger partial charge < -0.3 is 34.6 Å². The number of rotatable bonds is 9. The topological polar surface area (TPSA) is 7.68 Å². The van der Waals surface area contributed by atoms with E-state index in [0.717, 1.165) is 13.1 Å². The Labute approximate surface area is 132 Å². The number of thiocarbonyl (C=S) groups is 1. The lowest BCUT2D eigenvalue weighted by atomic mass is 10.3. The molecule has 0 spiro atoms. The van der Waals surface area contributed by atoms with E-state index < -0.39 is 0 Å². The first kappa shape index (κ1) is 21.4. The molecule has 0 heterocycles. The average molecular weight is 307 g/mol. The van der Waals surface area contributed by atoms with Crippen LogP contribution in [0.1, 0.15) is 60.3 Å². The third-order valence-corrected chi connectivity index (χ3v) is 3.84. The molecule has 0 aromatic rings. The van der Waals surface area contributed by atoms with Crippen LogP contribution in [0.15, 0.2) is 0 Å². The van der Waals surface area contributed by atoms with E-state index in [1.165, 1.54) is 45.3 Å². The van der Waals surface area contributed by atoms with Gasteiger partial charge in [-0.2, -0.15) is 0 Å². The Morgan fingerprint density at radius 3 is 1.42 bits per heavy atom. The summed E-state index contributed by atoms with van der Waals surface area (Å²) in [6, 6.07) is 0. The highest BCUT2D eigenvalue weighted by Gasteiger charge is 1.98. The maximum Gasteiger partial charge on any atom is 0.0742 e. The summed E-state index contributed by atoms with van der Waals surface area (Å²) < 4.78 is 0.636. The lowest BCUT2D eigenvalue weighted by Gasteiger charge is -2.28. The van der Waals surface area contributed by atoms with Gasteiger partial charge in [-0.1, -0.05) is 31.0 Å². The Morgan fingerprint density at radius 2 is 1.26 bits per heavy atom. The number of nitrogens with one attached hydrogen (secondary N) is 1. The van der Waals surface area contributed by atoms with E-state index >= 15 is 0 Å². The number of nitrogens with zero attached hydrogens (tertiary/aromatic N) is 1. The Bertz CT molecular complexity index is 181. The predicted molar refractivity (Wildman–Crippen MR) is 93.9 cm³/mol. The van der Waals surface area contributed by atoms with Crippen LogP contribution in [-0.2, 0) is 12.6 Å². The largest absolute Gasteiger partial charge is 0.411 e. The molecule has 0 atom stereocenters. The molecule has 0 rings (SSSR count). The molecule has 4 heteroatoms. The first-order valence-electron chi connectivity index (χ1n) is 7.86. The van der Waals surface area contributed by atoms with Crippen molar-refractivity contribution in [3.8, 4) is 0 Å². The van der Waals surface area contributed by atoms with Crippen LogP contribution in [0.3, 0.4) is 0 Å². The van der Waals surface area contributed by atoms with Crippen molar-refractivity contribution in [3.05, 3.63) is 0 Å². The van der Waals surface area contributed by atoms with Gasteiger partial charge in [0, 0.05) is 13.1 Å². The Kier molecular flexibility index (Phi) is 18.1. The lowest BCUT2D eigenvalue weighted by Crippen LogP contribution is -3.11. The summed E-state index contributed by atoms with van der Waals surface area (Å²) >= 11 is 9.97. The molecule has 0 fully saturated rings. The number of hydrogen-bond donors (Lipinski definition) is 1. The predicted octanol–water partition coefficient (Wildman–Crippen LogP) is 2.65. The smallest absolute Gasteiger partial charge is 0.0742 e. The maximum absolute atomic E-state index is 4.98. The lowest BCUT2D eigenvalue weighted by molar-refractivity contribution is -0.894. The fourth-order valence-electron chi connectivity index (χ4n) is 1.74. The van der Waals surface area contributed by atoms with Gasteiger partial charge in [0.2, 0.25) is 0 Å². The number of quaternary nitrogens is 1. The first-order valence-corrected chi connectivity index (χ1v) is 8.68. The highest BCUT2D eigenvalue weighted by Crippen LogP contribution is 2.00. The molecular weight excluding hydrogens is 272 g/mol. The minimum atomic E-state index is 0.636. The summed E-state index contributed by atoms with van der Waals surface area (Å²) in [4.78, 5) is 3.82. The van der Waals surface area contributed by atoms with Gasteiger partial charge in [-0.3, -0.25) is 0 Å². The molecule has 0 aliphatic carbocycles. The molecule has 0 aliphatic rings. The molecule has 0 unspecified atom stereocenters. The molecule has 0 aromatic carbocycles. The average Bonchev–Trinajstić information content (AvgIpc) is 2.41. The van der Waals surface area contributed by atoms with Crippen LogP contribution in [-0.4, -0.2) is 41.9 Å². The second kappa shape index (κ2) is 16.1. The molecule has 116 valence electrons. The van der Waals surface area contributed by atoms with E-state index in [1.807, 2.05) is 0 Å². The molecule has 0 aromatic heterocycles. The summed E-state index contributed by atoms with van der Waals surface area (Å²) in [5.41, 5.74) is 0. The molecule has 1 N–H and O–H groups in total. The van der Waals surface area contributed by atoms with Gasteiger partial charge in [0.15, 0.2) is 0 Å². The second-order valence-corrected chi connectivity index (χ2v) is 5.80. The van der Waals surface area contributed by atoms with Crippen LogP contribution < -0.4 is 4.90 Å². The van der Waals surface area contributed by atoms with Crippen LogP contribution in [0.4, 0.5) is 0 Å². The van der Waals surface area contributed by atoms with Crippen molar-refractivity contribution >= 4 is 29.2 Å². The van der Waals surface area contributed by atoms with E-state index in [9.17, 15) is 0 Å². The molecule has 2 nitrogen and oxygen atoms in total. The van der Waals surface area contributed by atoms with Crippen LogP contribution in [0.5, 0.6) is 0 Å². The van der Waals surface area contributed by atoms with E-state index in [1.54, 1.807) is 4.90 Å². The zero-order chi connectivity index (χ0) is 15.1. The van der Waals surface area contributed by atoms with Crippen molar-refractivity contribution in [1.82, 2.24) is 4.90 Å². The highest BCUT2D eigenvalue weighted by molar-refractivity contribution is 8.00. The number of unbranched alkanes of at least 4 members (excludes halogenated alkanes) is 2. The van der Waals surface area contributed by atoms with Crippen LogP contribution >= 0.6 is 12.2 Å². The van der Waals surface area contributed by atoms with Crippen molar-refractivity contribution < 1.29 is 4.90 Å². The molecule has 0 saturated heterocycles.